The van der Waals surface area contributed by atoms with Crippen molar-refractivity contribution in [2.45, 2.75) is 25.3 Å². The molecule has 0 atom stereocenters. The van der Waals surface area contributed by atoms with Gasteiger partial charge in [-0.1, -0.05) is 0 Å². The highest BCUT2D eigenvalue weighted by Gasteiger charge is 2.26. The van der Waals surface area contributed by atoms with Gasteiger partial charge in [0.15, 0.2) is 0 Å². The number of rotatable bonds is 9. The first-order valence-corrected chi connectivity index (χ1v) is 10.0. The first-order chi connectivity index (χ1) is 12.8. The lowest BCUT2D eigenvalue weighted by Crippen LogP contribution is -2.17. The van der Waals surface area contributed by atoms with Crippen molar-refractivity contribution in [2.24, 2.45) is 0 Å². The fourth-order valence-electron chi connectivity index (χ4n) is 1.62. The highest BCUT2D eigenvalue weighted by Crippen LogP contribution is 2.37. The Balaban J connectivity index is 3.35. The minimum absolute atomic E-state index is 0.00962. The van der Waals surface area contributed by atoms with E-state index in [1.165, 1.54) is 18.0 Å². The van der Waals surface area contributed by atoms with E-state index in [9.17, 15) is 18.0 Å². The van der Waals surface area contributed by atoms with Gasteiger partial charge < -0.3 is 23.1 Å². The van der Waals surface area contributed by atoms with Crippen molar-refractivity contribution in [1.82, 2.24) is 4.98 Å². The summed E-state index contributed by atoms with van der Waals surface area (Å²) >= 11 is 1.18. The summed E-state index contributed by atoms with van der Waals surface area (Å²) in [6.45, 7) is 2.84. The molecular weight excluding hydrogens is 406 g/mol. The molecule has 0 aromatic carbocycles. The van der Waals surface area contributed by atoms with Gasteiger partial charge in [0.25, 0.3) is 5.88 Å². The van der Waals surface area contributed by atoms with Crippen LogP contribution in [0.25, 0.3) is 0 Å². The molecular formula is C14H19NO10S2. The van der Waals surface area contributed by atoms with Crippen molar-refractivity contribution in [3.05, 3.63) is 11.8 Å². The van der Waals surface area contributed by atoms with E-state index in [1.807, 2.05) is 0 Å². The van der Waals surface area contributed by atoms with Gasteiger partial charge in [0.2, 0.25) is 5.75 Å². The molecule has 152 valence electrons. The first kappa shape index (κ1) is 22.8. The summed E-state index contributed by atoms with van der Waals surface area (Å²) in [7, 11) is -3.58. The highest BCUT2D eigenvalue weighted by atomic mass is 32.3. The number of hydrogen-bond donors (Lipinski definition) is 0. The molecule has 0 unspecified atom stereocenters. The van der Waals surface area contributed by atoms with Crippen LogP contribution >= 0.6 is 11.8 Å². The molecule has 0 spiro atoms. The third kappa shape index (κ3) is 7.11. The number of carbonyl (C=O) groups is 2. The second-order valence-electron chi connectivity index (χ2n) is 4.35. The van der Waals surface area contributed by atoms with Gasteiger partial charge in [0.05, 0.1) is 25.9 Å². The van der Waals surface area contributed by atoms with Crippen LogP contribution in [0.5, 0.6) is 11.6 Å². The molecule has 1 aromatic rings. The Hall–Kier alpha value is -2.25. The Morgan fingerprint density at radius 3 is 2.30 bits per heavy atom. The van der Waals surface area contributed by atoms with E-state index in [-0.39, 0.29) is 18.8 Å². The summed E-state index contributed by atoms with van der Waals surface area (Å²) in [4.78, 5) is 27.5. The topological polar surface area (TPSA) is 137 Å². The highest BCUT2D eigenvalue weighted by molar-refractivity contribution is 7.98. The molecule has 1 aromatic heterocycles. The van der Waals surface area contributed by atoms with Crippen LogP contribution in [0.3, 0.4) is 0 Å². The van der Waals surface area contributed by atoms with Crippen molar-refractivity contribution in [2.75, 3.05) is 26.6 Å². The number of hydrogen-bond acceptors (Lipinski definition) is 12. The maximum atomic E-state index is 11.7. The van der Waals surface area contributed by atoms with E-state index in [4.69, 9.17) is 9.47 Å². The Morgan fingerprint density at radius 1 is 1.11 bits per heavy atom. The number of thioether (sulfide) groups is 1. The predicted octanol–water partition coefficient (Wildman–Crippen LogP) is 2.28. The number of carbonyl (C=O) groups excluding carboxylic acids is 2. The maximum Gasteiger partial charge on any atom is 0.514 e. The van der Waals surface area contributed by atoms with Crippen LogP contribution in [-0.2, 0) is 35.4 Å². The van der Waals surface area contributed by atoms with E-state index in [2.05, 4.69) is 22.8 Å². The Kier molecular flexibility index (Phi) is 9.11. The summed E-state index contributed by atoms with van der Waals surface area (Å²) < 4.78 is 51.4. The fraction of sp³-hybridized carbons (Fsp3) is 0.500. The molecule has 0 aliphatic carbocycles. The average molecular weight is 425 g/mol. The third-order valence-corrected chi connectivity index (χ3v) is 4.28. The van der Waals surface area contributed by atoms with Crippen molar-refractivity contribution < 1.29 is 45.3 Å². The lowest BCUT2D eigenvalue weighted by Gasteiger charge is -2.16. The molecule has 0 aliphatic rings. The Labute approximate surface area is 160 Å². The van der Waals surface area contributed by atoms with Crippen LogP contribution in [-0.4, -0.2) is 52.3 Å². The molecule has 1 rings (SSSR count). The number of ether oxygens (including phenoxy) is 4. The monoisotopic (exact) mass is 425 g/mol. The number of pyridine rings is 1. The van der Waals surface area contributed by atoms with Gasteiger partial charge in [-0.3, -0.25) is 0 Å². The van der Waals surface area contributed by atoms with E-state index in [0.29, 0.717) is 4.90 Å². The summed E-state index contributed by atoms with van der Waals surface area (Å²) in [6.07, 6.45) is 0.850. The van der Waals surface area contributed by atoms with Crippen molar-refractivity contribution in [1.29, 1.82) is 0 Å². The molecule has 1 heterocycles. The second-order valence-corrected chi connectivity index (χ2v) is 6.52. The van der Waals surface area contributed by atoms with Crippen molar-refractivity contribution in [3.8, 4) is 11.6 Å². The quantitative estimate of drug-likeness (QED) is 0.424. The molecule has 0 amide bonds. The third-order valence-electron chi connectivity index (χ3n) is 2.71. The zero-order valence-corrected chi connectivity index (χ0v) is 16.7. The van der Waals surface area contributed by atoms with Gasteiger partial charge >= 0.3 is 22.7 Å². The zero-order chi connectivity index (χ0) is 20.4. The second kappa shape index (κ2) is 10.8. The Morgan fingerprint density at radius 2 is 1.74 bits per heavy atom. The van der Waals surface area contributed by atoms with Gasteiger partial charge in [-0.25, -0.2) is 18.8 Å². The summed E-state index contributed by atoms with van der Waals surface area (Å²) in [5.74, 6) is -0.990. The van der Waals surface area contributed by atoms with Crippen LogP contribution in [0.4, 0.5) is 9.59 Å². The smallest absolute Gasteiger partial charge is 0.435 e. The summed E-state index contributed by atoms with van der Waals surface area (Å²) in [5, 5.41) is 0. The lowest BCUT2D eigenvalue weighted by molar-refractivity contribution is 0.0521. The van der Waals surface area contributed by atoms with Gasteiger partial charge in [0.1, 0.15) is 6.61 Å². The van der Waals surface area contributed by atoms with Gasteiger partial charge in [0, 0.05) is 11.1 Å². The van der Waals surface area contributed by atoms with Crippen molar-refractivity contribution in [3.63, 3.8) is 0 Å². The molecule has 0 N–H and O–H groups in total. The van der Waals surface area contributed by atoms with E-state index in [0.717, 1.165) is 7.11 Å². The van der Waals surface area contributed by atoms with Crippen LogP contribution in [0.15, 0.2) is 11.1 Å². The molecule has 11 nitrogen and oxygen atoms in total. The van der Waals surface area contributed by atoms with Crippen molar-refractivity contribution >= 4 is 34.5 Å². The largest absolute Gasteiger partial charge is 0.514 e. The predicted molar refractivity (Wildman–Crippen MR) is 92.0 cm³/mol. The molecule has 0 fully saturated rings. The average Bonchev–Trinajstić information content (AvgIpc) is 2.62. The minimum atomic E-state index is -4.45. The summed E-state index contributed by atoms with van der Waals surface area (Å²) in [6, 6.07) is 0. The van der Waals surface area contributed by atoms with Crippen LogP contribution in [0.2, 0.25) is 0 Å². The van der Waals surface area contributed by atoms with Crippen LogP contribution in [0, 0.1) is 0 Å². The van der Waals surface area contributed by atoms with Gasteiger partial charge in [-0.05, 0) is 20.1 Å². The normalized spacial score (nSPS) is 10.8. The minimum Gasteiger partial charge on any atom is -0.435 e. The molecule has 0 aliphatic heterocycles. The Bertz CT molecular complexity index is 765. The first-order valence-electron chi connectivity index (χ1n) is 7.47. The molecule has 0 saturated heterocycles. The zero-order valence-electron chi connectivity index (χ0n) is 15.0. The van der Waals surface area contributed by atoms with Crippen LogP contribution < -0.4 is 8.92 Å². The van der Waals surface area contributed by atoms with E-state index < -0.39 is 40.9 Å². The summed E-state index contributed by atoms with van der Waals surface area (Å²) in [5.41, 5.74) is 0.125. The standard InChI is InChI=1S/C14H19NO10S2/c1-5-21-13(16)23-8-9-10(26-4)7-15-12(25-27(18,19)20-3)11(9)24-14(17)22-6-2/h7H,5-6,8H2,1-4H3. The molecule has 0 saturated carbocycles. The maximum absolute atomic E-state index is 11.7. The SMILES string of the molecule is CCOC(=O)OCc1c(SC)cnc(OS(=O)(=O)OC)c1OC(=O)OCC. The molecule has 13 heteroatoms. The van der Waals surface area contributed by atoms with Gasteiger partial charge in [-0.15, -0.1) is 11.8 Å². The fourth-order valence-corrected chi connectivity index (χ4v) is 2.56. The molecule has 0 bridgehead atoms. The van der Waals surface area contributed by atoms with E-state index >= 15 is 0 Å². The number of nitrogens with zero attached hydrogens (tertiary/aromatic N) is 1. The molecule has 0 radical (unpaired) electrons. The number of aromatic nitrogens is 1. The lowest BCUT2D eigenvalue weighted by atomic mass is 10.2. The van der Waals surface area contributed by atoms with E-state index in [1.54, 1.807) is 20.1 Å². The van der Waals surface area contributed by atoms with Crippen LogP contribution in [0.1, 0.15) is 19.4 Å². The van der Waals surface area contributed by atoms with Gasteiger partial charge in [-0.2, -0.15) is 8.42 Å². The molecule has 27 heavy (non-hydrogen) atoms.